The van der Waals surface area contributed by atoms with Crippen molar-refractivity contribution in [3.8, 4) is 0 Å². The molecule has 0 fully saturated rings. The predicted molar refractivity (Wildman–Crippen MR) is 273 cm³/mol. The Balaban J connectivity index is 4.71. The summed E-state index contributed by atoms with van der Waals surface area (Å²) in [5.74, 6) is 0. The third kappa shape index (κ3) is 33.2. The van der Waals surface area contributed by atoms with Gasteiger partial charge in [0.1, 0.15) is 6.10 Å². The summed E-state index contributed by atoms with van der Waals surface area (Å²) in [5.41, 5.74) is 0. The van der Waals surface area contributed by atoms with Gasteiger partial charge in [0.05, 0.1) is 6.61 Å². The summed E-state index contributed by atoms with van der Waals surface area (Å²) in [7, 11) is 0.543. The van der Waals surface area contributed by atoms with Crippen LogP contribution in [-0.2, 0) is 18.3 Å². The molecule has 0 amide bonds. The maximum Gasteiger partial charge on any atom is 0.508 e. The molecule has 0 spiro atoms. The lowest BCUT2D eigenvalue weighted by Crippen LogP contribution is -2.43. The third-order valence-electron chi connectivity index (χ3n) is 13.5. The summed E-state index contributed by atoms with van der Waals surface area (Å²) in [6.07, 6.45) is 41.7. The van der Waals surface area contributed by atoms with Gasteiger partial charge in [0.25, 0.3) is 0 Å². The fourth-order valence-corrected chi connectivity index (χ4v) is 10.1. The Hall–Kier alpha value is -0.936. The molecule has 0 aromatic carbocycles. The van der Waals surface area contributed by atoms with Crippen LogP contribution in [0.3, 0.4) is 0 Å². The molecule has 2 unspecified atom stereocenters. The van der Waals surface area contributed by atoms with Crippen LogP contribution in [0.2, 0.25) is 36.3 Å². The van der Waals surface area contributed by atoms with E-state index in [4.69, 9.17) is 18.3 Å². The highest BCUT2D eigenvalue weighted by molar-refractivity contribution is 6.74. The maximum atomic E-state index is 12.6. The van der Waals surface area contributed by atoms with Crippen molar-refractivity contribution in [1.29, 1.82) is 0 Å². The standard InChI is InChI=1S/C53H107NO5Si2/c1-15-17-19-33-42-49(58-60(11,12)52(3,4)5)44-37-31-27-23-21-25-29-35-40-48(57-51(55)56-47-39-46-54(9)10)41-36-30-26-22-24-28-32-38-45-50(43-34-20-18-16-2)59-61(13,14)53(6,7)8/h31-32,37-38,48-50H,15-30,33-36,39-47H2,1-14H3. The summed E-state index contributed by atoms with van der Waals surface area (Å²) in [4.78, 5) is 14.7. The number of unbranched alkanes of at least 4 members (excludes halogenated alkanes) is 16. The third-order valence-corrected chi connectivity index (χ3v) is 22.5. The molecule has 0 aliphatic heterocycles. The predicted octanol–water partition coefficient (Wildman–Crippen LogP) is 17.5. The molecule has 0 radical (unpaired) electrons. The molecule has 0 aliphatic rings. The minimum Gasteiger partial charge on any atom is -0.434 e. The Bertz CT molecular complexity index is 1020. The summed E-state index contributed by atoms with van der Waals surface area (Å²) in [6.45, 7) is 29.5. The number of hydrogen-bond acceptors (Lipinski definition) is 6. The highest BCUT2D eigenvalue weighted by Gasteiger charge is 2.39. The van der Waals surface area contributed by atoms with Crippen molar-refractivity contribution in [3.63, 3.8) is 0 Å². The molecule has 8 heteroatoms. The molecule has 2 atom stereocenters. The number of ether oxygens (including phenoxy) is 2. The summed E-state index contributed by atoms with van der Waals surface area (Å²) >= 11 is 0. The van der Waals surface area contributed by atoms with Gasteiger partial charge in [-0.2, -0.15) is 0 Å². The fraction of sp³-hybridized carbons (Fsp3) is 0.906. The van der Waals surface area contributed by atoms with E-state index in [-0.39, 0.29) is 16.2 Å². The summed E-state index contributed by atoms with van der Waals surface area (Å²) < 4.78 is 25.1. The lowest BCUT2D eigenvalue weighted by molar-refractivity contribution is 0.0150. The van der Waals surface area contributed by atoms with Crippen molar-refractivity contribution in [1.82, 2.24) is 4.90 Å². The van der Waals surface area contributed by atoms with Gasteiger partial charge in [-0.25, -0.2) is 4.79 Å². The first-order valence-electron chi connectivity index (χ1n) is 25.9. The molecule has 0 rings (SSSR count). The maximum absolute atomic E-state index is 12.6. The van der Waals surface area contributed by atoms with E-state index in [0.717, 1.165) is 64.3 Å². The van der Waals surface area contributed by atoms with Gasteiger partial charge >= 0.3 is 6.16 Å². The fourth-order valence-electron chi connectivity index (χ4n) is 7.26. The van der Waals surface area contributed by atoms with Gasteiger partial charge in [-0.3, -0.25) is 0 Å². The Morgan fingerprint density at radius 2 is 0.869 bits per heavy atom. The van der Waals surface area contributed by atoms with Crippen LogP contribution in [0.25, 0.3) is 0 Å². The average molecular weight is 895 g/mol. The van der Waals surface area contributed by atoms with E-state index in [2.05, 4.69) is 111 Å². The smallest absolute Gasteiger partial charge is 0.434 e. The summed E-state index contributed by atoms with van der Waals surface area (Å²) in [5, 5.41) is 0.494. The molecule has 0 aromatic rings. The van der Waals surface area contributed by atoms with Gasteiger partial charge < -0.3 is 23.2 Å². The minimum atomic E-state index is -1.77. The molecular formula is C53H107NO5Si2. The van der Waals surface area contributed by atoms with Crippen LogP contribution < -0.4 is 0 Å². The Kier molecular flexibility index (Phi) is 34.8. The molecule has 362 valence electrons. The van der Waals surface area contributed by atoms with Crippen molar-refractivity contribution in [2.24, 2.45) is 0 Å². The van der Waals surface area contributed by atoms with Crippen molar-refractivity contribution in [2.45, 2.75) is 283 Å². The number of hydrogen-bond donors (Lipinski definition) is 0. The van der Waals surface area contributed by atoms with Gasteiger partial charge in [0, 0.05) is 18.8 Å². The van der Waals surface area contributed by atoms with Gasteiger partial charge in [0.15, 0.2) is 16.6 Å². The van der Waals surface area contributed by atoms with Gasteiger partial charge in [-0.15, -0.1) is 0 Å². The number of allylic oxidation sites excluding steroid dienone is 2. The van der Waals surface area contributed by atoms with E-state index >= 15 is 0 Å². The minimum absolute atomic E-state index is 0.0425. The second-order valence-corrected chi connectivity index (χ2v) is 31.3. The quantitative estimate of drug-likeness (QED) is 0.0265. The van der Waals surface area contributed by atoms with Gasteiger partial charge in [-0.05, 0) is 134 Å². The zero-order valence-electron chi connectivity index (χ0n) is 43.5. The monoisotopic (exact) mass is 894 g/mol. The van der Waals surface area contributed by atoms with Crippen LogP contribution in [0.1, 0.15) is 229 Å². The molecule has 0 heterocycles. The molecule has 6 nitrogen and oxygen atoms in total. The molecule has 0 saturated heterocycles. The van der Waals surface area contributed by atoms with Crippen molar-refractivity contribution in [2.75, 3.05) is 27.2 Å². The van der Waals surface area contributed by atoms with Crippen LogP contribution in [-0.4, -0.2) is 73.2 Å². The highest BCUT2D eigenvalue weighted by atomic mass is 28.4. The number of rotatable bonds is 39. The Morgan fingerprint density at radius 1 is 0.508 bits per heavy atom. The molecule has 0 N–H and O–H groups in total. The molecular weight excluding hydrogens is 787 g/mol. The first kappa shape index (κ1) is 60.1. The van der Waals surface area contributed by atoms with Crippen LogP contribution in [0.15, 0.2) is 24.3 Å². The van der Waals surface area contributed by atoms with Crippen LogP contribution in [0, 0.1) is 0 Å². The van der Waals surface area contributed by atoms with Crippen molar-refractivity contribution >= 4 is 22.8 Å². The lowest BCUT2D eigenvalue weighted by Gasteiger charge is -2.39. The zero-order valence-corrected chi connectivity index (χ0v) is 45.5. The average Bonchev–Trinajstić information content (AvgIpc) is 3.16. The second kappa shape index (κ2) is 35.3. The number of carbonyl (C=O) groups is 1. The molecule has 61 heavy (non-hydrogen) atoms. The van der Waals surface area contributed by atoms with Crippen molar-refractivity contribution in [3.05, 3.63) is 24.3 Å². The highest BCUT2D eigenvalue weighted by Crippen LogP contribution is 2.39. The lowest BCUT2D eigenvalue weighted by atomic mass is 10.0. The molecule has 0 aromatic heterocycles. The summed E-state index contributed by atoms with van der Waals surface area (Å²) in [6, 6.07) is 0. The number of nitrogens with zero attached hydrogens (tertiary/aromatic N) is 1. The normalized spacial score (nSPS) is 14.7. The molecule has 0 saturated carbocycles. The van der Waals surface area contributed by atoms with Gasteiger partial charge in [0.2, 0.25) is 0 Å². The van der Waals surface area contributed by atoms with E-state index in [1.165, 1.54) is 116 Å². The molecule has 0 aliphatic carbocycles. The van der Waals surface area contributed by atoms with Gasteiger partial charge in [-0.1, -0.05) is 170 Å². The molecule has 0 bridgehead atoms. The van der Waals surface area contributed by atoms with E-state index in [1.807, 2.05) is 14.1 Å². The Labute approximate surface area is 384 Å². The van der Waals surface area contributed by atoms with Crippen LogP contribution in [0.4, 0.5) is 4.79 Å². The van der Waals surface area contributed by atoms with E-state index in [1.54, 1.807) is 0 Å². The largest absolute Gasteiger partial charge is 0.508 e. The number of carbonyl (C=O) groups excluding carboxylic acids is 1. The van der Waals surface area contributed by atoms with Crippen molar-refractivity contribution < 1.29 is 23.1 Å². The topological polar surface area (TPSA) is 57.2 Å². The second-order valence-electron chi connectivity index (χ2n) is 21.8. The Morgan fingerprint density at radius 3 is 1.25 bits per heavy atom. The van der Waals surface area contributed by atoms with E-state index < -0.39 is 22.8 Å². The van der Waals surface area contributed by atoms with Crippen LogP contribution >= 0.6 is 0 Å². The SMILES string of the molecule is CCCCCCC(CC=CCCCCCCCC(CCCCCCCC=CCC(CCCCCC)O[Si](C)(C)C(C)(C)C)OC(=O)OCCCN(C)C)O[Si](C)(C)C(C)(C)C. The van der Waals surface area contributed by atoms with E-state index in [9.17, 15) is 4.79 Å². The zero-order chi connectivity index (χ0) is 46.0. The van der Waals surface area contributed by atoms with Crippen LogP contribution in [0.5, 0.6) is 0 Å². The first-order chi connectivity index (χ1) is 28.8. The first-order valence-corrected chi connectivity index (χ1v) is 31.7. The van der Waals surface area contributed by atoms with E-state index in [0.29, 0.717) is 18.8 Å².